The molecule has 494 valence electrons. The van der Waals surface area contributed by atoms with Crippen LogP contribution in [0.25, 0.3) is 0 Å². The summed E-state index contributed by atoms with van der Waals surface area (Å²) in [6.45, 7) is 55.1. The summed E-state index contributed by atoms with van der Waals surface area (Å²) in [5.41, 5.74) is 4.43. The molecule has 0 aliphatic rings. The molecule has 0 spiro atoms. The van der Waals surface area contributed by atoms with E-state index < -0.39 is 6.98 Å². The van der Waals surface area contributed by atoms with Gasteiger partial charge < -0.3 is 29.2 Å². The summed E-state index contributed by atoms with van der Waals surface area (Å²) in [6.07, 6.45) is 9.07. The smallest absolute Gasteiger partial charge is 0.306 e. The van der Waals surface area contributed by atoms with Gasteiger partial charge in [0.1, 0.15) is 0 Å². The van der Waals surface area contributed by atoms with Gasteiger partial charge >= 0.3 is 5.97 Å². The topological polar surface area (TPSA) is 128 Å². The molecular formula is C73H135N5O7. The first-order valence-corrected chi connectivity index (χ1v) is 32.7. The highest BCUT2D eigenvalue weighted by molar-refractivity contribution is 5.95. The van der Waals surface area contributed by atoms with Gasteiger partial charge in [0.2, 0.25) is 29.5 Å². The minimum atomic E-state index is -2.32. The lowest BCUT2D eigenvalue weighted by Crippen LogP contribution is -2.42. The molecule has 12 heteroatoms. The number of carbonyl (C=O) groups is 6. The van der Waals surface area contributed by atoms with Gasteiger partial charge in [0.05, 0.1) is 6.10 Å². The van der Waals surface area contributed by atoms with Gasteiger partial charge in [-0.3, -0.25) is 28.8 Å². The number of ether oxygens (including phenoxy) is 1. The quantitative estimate of drug-likeness (QED) is 0.0815. The van der Waals surface area contributed by atoms with Crippen LogP contribution in [0.5, 0.6) is 0 Å². The van der Waals surface area contributed by atoms with Crippen molar-refractivity contribution in [2.45, 2.75) is 313 Å². The van der Waals surface area contributed by atoms with Gasteiger partial charge in [-0.2, -0.15) is 0 Å². The Hall–Kier alpha value is -4.74. The van der Waals surface area contributed by atoms with Crippen molar-refractivity contribution in [1.29, 1.82) is 0 Å². The Bertz CT molecular complexity index is 2160. The van der Waals surface area contributed by atoms with Crippen LogP contribution in [0.15, 0.2) is 48.5 Å². The van der Waals surface area contributed by atoms with Crippen LogP contribution < -0.4 is 9.80 Å². The number of nitrogens with zero attached hydrogens (tertiary/aromatic N) is 5. The van der Waals surface area contributed by atoms with E-state index in [-0.39, 0.29) is 53.8 Å². The van der Waals surface area contributed by atoms with Crippen molar-refractivity contribution in [1.82, 2.24) is 14.7 Å². The minimum absolute atomic E-state index is 0.0228. The van der Waals surface area contributed by atoms with Gasteiger partial charge in [-0.25, -0.2) is 0 Å². The van der Waals surface area contributed by atoms with Gasteiger partial charge in [0, 0.05) is 104 Å². The fourth-order valence-electron chi connectivity index (χ4n) is 8.38. The summed E-state index contributed by atoms with van der Waals surface area (Å²) in [5.74, 6) is 4.03. The van der Waals surface area contributed by atoms with E-state index in [9.17, 15) is 28.8 Å². The highest BCUT2D eigenvalue weighted by Gasteiger charge is 2.23. The highest BCUT2D eigenvalue weighted by atomic mass is 16.5. The minimum Gasteiger partial charge on any atom is -0.463 e. The van der Waals surface area contributed by atoms with Crippen LogP contribution in [0.1, 0.15) is 272 Å². The Kier molecular flexibility index (Phi) is 45.6. The van der Waals surface area contributed by atoms with Crippen LogP contribution >= 0.6 is 0 Å². The van der Waals surface area contributed by atoms with E-state index in [1.54, 1.807) is 13.8 Å². The number of hydrogen-bond donors (Lipinski definition) is 0. The summed E-state index contributed by atoms with van der Waals surface area (Å²) in [4.78, 5) is 79.3. The maximum Gasteiger partial charge on any atom is 0.306 e. The van der Waals surface area contributed by atoms with Crippen molar-refractivity contribution < 1.29 is 37.6 Å². The van der Waals surface area contributed by atoms with E-state index in [4.69, 9.17) is 8.85 Å². The number of aryl methyl sites for hydroxylation is 2. The van der Waals surface area contributed by atoms with E-state index in [0.717, 1.165) is 54.8 Å². The lowest BCUT2D eigenvalue weighted by atomic mass is 10.0. The van der Waals surface area contributed by atoms with E-state index in [1.807, 2.05) is 105 Å². The van der Waals surface area contributed by atoms with Gasteiger partial charge in [-0.05, 0) is 208 Å². The fraction of sp³-hybridized carbons (Fsp3) is 0.753. The summed E-state index contributed by atoms with van der Waals surface area (Å²) in [6, 6.07) is 17.2. The lowest BCUT2D eigenvalue weighted by molar-refractivity contribution is -0.147. The highest BCUT2D eigenvalue weighted by Crippen LogP contribution is 2.28. The fourth-order valence-corrected chi connectivity index (χ4v) is 8.38. The van der Waals surface area contributed by atoms with Crippen LogP contribution in [-0.4, -0.2) is 107 Å². The molecule has 0 aromatic heterocycles. The van der Waals surface area contributed by atoms with Crippen LogP contribution in [0.3, 0.4) is 0 Å². The Balaban J connectivity index is -0.000000486. The zero-order valence-corrected chi connectivity index (χ0v) is 60.2. The Morgan fingerprint density at radius 3 is 1.00 bits per heavy atom. The number of esters is 1. The molecule has 0 saturated carbocycles. The summed E-state index contributed by atoms with van der Waals surface area (Å²) < 4.78 is 26.8. The zero-order valence-electron chi connectivity index (χ0n) is 63.2. The summed E-state index contributed by atoms with van der Waals surface area (Å²) >= 11 is 0. The molecule has 85 heavy (non-hydrogen) atoms. The third-order valence-electron chi connectivity index (χ3n) is 13.6. The molecule has 2 aromatic rings. The molecular weight excluding hydrogens is 1060 g/mol. The molecule has 2 aromatic carbocycles. The number of para-hydroxylation sites is 2. The van der Waals surface area contributed by atoms with Gasteiger partial charge in [-0.1, -0.05) is 119 Å². The maximum absolute atomic E-state index is 12.5. The molecule has 12 nitrogen and oxygen atoms in total. The largest absolute Gasteiger partial charge is 0.463 e. The Morgan fingerprint density at radius 2 is 0.694 bits per heavy atom. The van der Waals surface area contributed by atoms with E-state index in [2.05, 4.69) is 151 Å². The Morgan fingerprint density at radius 1 is 0.376 bits per heavy atom. The third-order valence-corrected chi connectivity index (χ3v) is 13.6. The Labute approximate surface area is 529 Å². The zero-order chi connectivity index (χ0) is 69.5. The predicted octanol–water partition coefficient (Wildman–Crippen LogP) is 18.4. The molecule has 0 atom stereocenters. The average molecular weight is 1200 g/mol. The van der Waals surface area contributed by atoms with Crippen molar-refractivity contribution in [3.63, 3.8) is 0 Å². The molecule has 0 aliphatic carbocycles. The normalized spacial score (nSPS) is 11.7. The SMILES string of the molecule is CC(C)CCC(=O)N(C(C)C)C(C)C.CC(C)CCC(=O)N(C)C(C)C.CC(C)CCC(=O)N(c1ccccc1)C(C)C.CC(C)CCC(=O)OC(C)C.Cc1cccc(C)c1N(C(=O)CCC(C)C)C(C)C.[2H]C([2H])([2H])N(C(=O)CCC(C)C)C(C)C. The molecule has 0 aliphatic heterocycles. The summed E-state index contributed by atoms with van der Waals surface area (Å²) in [5, 5.41) is 0. The first kappa shape index (κ1) is 80.3. The van der Waals surface area contributed by atoms with Crippen LogP contribution in [0.4, 0.5) is 11.4 Å². The lowest BCUT2D eigenvalue weighted by Gasteiger charge is -2.31. The van der Waals surface area contributed by atoms with Crippen LogP contribution in [-0.2, 0) is 33.5 Å². The van der Waals surface area contributed by atoms with E-state index in [1.165, 1.54) is 11.1 Å². The standard InChI is InChI=1S/C17H27NO.C15H23NO.C12H25NO.2C10H21NO.C9H18O2/c1-12(2)10-11-16(19)18(13(3)4)17-14(5)8-7-9-15(17)6;1-12(2)10-11-15(17)16(13(3)4)14-8-6-5-7-9-14;1-9(2)7-8-12(14)13(10(3)4)11(5)6;2*1-8(2)6-7-10(12)11(5)9(3)4;1-7(2)5-6-9(10)11-8(3)4/h7-9,12-13H,10-11H2,1-6H3;5-9,12-13H,10-11H2,1-4H3;9-11H,7-8H2,1-6H3;2*8-9H,6-7H2,1-5H3;7-8H,5-6H2,1-4H3/i;;;5D3;;. The van der Waals surface area contributed by atoms with Crippen LogP contribution in [0, 0.1) is 49.4 Å². The molecule has 2 rings (SSSR count). The molecule has 0 fully saturated rings. The second-order valence-corrected chi connectivity index (χ2v) is 27.4. The molecule has 0 bridgehead atoms. The first-order chi connectivity index (χ1) is 40.3. The monoisotopic (exact) mass is 1200 g/mol. The number of hydrogen-bond acceptors (Lipinski definition) is 7. The van der Waals surface area contributed by atoms with Gasteiger partial charge in [0.15, 0.2) is 0 Å². The van der Waals surface area contributed by atoms with Gasteiger partial charge in [0.25, 0.3) is 0 Å². The maximum atomic E-state index is 12.5. The molecule has 5 amide bonds. The molecule has 0 saturated heterocycles. The number of amides is 5. The first-order valence-electron chi connectivity index (χ1n) is 34.2. The van der Waals surface area contributed by atoms with Crippen LogP contribution in [0.2, 0.25) is 0 Å². The van der Waals surface area contributed by atoms with Crippen molar-refractivity contribution in [3.05, 3.63) is 59.7 Å². The van der Waals surface area contributed by atoms with Crippen molar-refractivity contribution in [2.75, 3.05) is 23.8 Å². The molecule has 0 N–H and O–H groups in total. The number of rotatable bonds is 27. The van der Waals surface area contributed by atoms with E-state index in [0.29, 0.717) is 98.1 Å². The van der Waals surface area contributed by atoms with E-state index >= 15 is 0 Å². The average Bonchev–Trinajstić information content (AvgIpc) is 1.81. The molecule has 0 unspecified atom stereocenters. The summed E-state index contributed by atoms with van der Waals surface area (Å²) in [7, 11) is 1.87. The second-order valence-electron chi connectivity index (χ2n) is 27.4. The number of carbonyl (C=O) groups excluding carboxylic acids is 6. The van der Waals surface area contributed by atoms with Crippen molar-refractivity contribution in [2.24, 2.45) is 35.5 Å². The number of benzene rings is 2. The predicted molar refractivity (Wildman–Crippen MR) is 366 cm³/mol. The number of anilines is 2. The van der Waals surface area contributed by atoms with Crippen molar-refractivity contribution in [3.8, 4) is 0 Å². The van der Waals surface area contributed by atoms with Crippen molar-refractivity contribution >= 4 is 46.9 Å². The molecule has 0 heterocycles. The van der Waals surface area contributed by atoms with Gasteiger partial charge in [-0.15, -0.1) is 0 Å². The molecule has 0 radical (unpaired) electrons. The second kappa shape index (κ2) is 48.3. The third kappa shape index (κ3) is 44.4.